The summed E-state index contributed by atoms with van der Waals surface area (Å²) in [4.78, 5) is 119. The summed E-state index contributed by atoms with van der Waals surface area (Å²) >= 11 is 0. The van der Waals surface area contributed by atoms with Gasteiger partial charge in [0.2, 0.25) is 23.6 Å². The fraction of sp³-hybridized carbons (Fsp3) is 0.615. The minimum Gasteiger partial charge on any atom is -0.480 e. The van der Waals surface area contributed by atoms with Crippen molar-refractivity contribution >= 4 is 102 Å². The van der Waals surface area contributed by atoms with Gasteiger partial charge < -0.3 is 52.3 Å². The van der Waals surface area contributed by atoms with E-state index in [1.165, 1.54) is 0 Å². The maximum atomic E-state index is 12.9. The van der Waals surface area contributed by atoms with Crippen LogP contribution in [0.15, 0.2) is 0 Å². The lowest BCUT2D eigenvalue weighted by Gasteiger charge is -2.22. The number of rotatable bonds is 29. The van der Waals surface area contributed by atoms with Gasteiger partial charge in [0, 0.05) is 24.3 Å². The van der Waals surface area contributed by atoms with E-state index in [0.29, 0.717) is 21.6 Å². The largest absolute Gasteiger partial charge is 0.480 e. The monoisotopic (exact) mass is 1020 g/mol. The molecule has 0 aromatic carbocycles. The molecule has 0 radical (unpaired) electrons. The Kier molecular flexibility index (Phi) is 23.7. The summed E-state index contributed by atoms with van der Waals surface area (Å²) in [6.07, 6.45) is -15.3. The molecular formula is C26H34F6N6O22S4. The standard InChI is InChI=1S/C26H34F6N6O22S4/c27-25(28,29)23(51)37-9(19(43)44)1-3-15(39)33-11(5-59-63(53,54)55)17(41)35-13(21(47)48)7-61-62-8-14(22(49)50)36-18(42)12(6-60-64(56,57)58)34-16(40)4-2-10(20(45)46)38-24(52)26(30,31)32/h9-14H,1-8H2,(H,33,39)(H,34,40)(H,35,41)(H,36,42)(H,37,51)(H,38,52)(H,43,44)(H,45,46)(H,47,48)(H,49,50)(H,53,54,55)(H,56,57,58)/t9-,10-,11-,12-,13-,14-/m0/s1. The molecule has 6 amide bonds. The van der Waals surface area contributed by atoms with Crippen LogP contribution in [0.5, 0.6) is 0 Å². The second kappa shape index (κ2) is 25.9. The first kappa shape index (κ1) is 58.7. The average molecular weight is 1020 g/mol. The zero-order chi connectivity index (χ0) is 50.0. The van der Waals surface area contributed by atoms with Crippen LogP contribution in [0.1, 0.15) is 25.7 Å². The maximum Gasteiger partial charge on any atom is 0.471 e. The number of carboxylic acid groups (broad SMARTS) is 4. The number of carbonyl (C=O) groups is 10. The highest BCUT2D eigenvalue weighted by molar-refractivity contribution is 8.76. The van der Waals surface area contributed by atoms with E-state index in [0.717, 1.165) is 10.6 Å². The molecule has 0 heterocycles. The molecule has 0 saturated heterocycles. The van der Waals surface area contributed by atoms with Crippen LogP contribution in [0, 0.1) is 0 Å². The summed E-state index contributed by atoms with van der Waals surface area (Å²) in [5.74, 6) is -20.7. The van der Waals surface area contributed by atoms with Crippen molar-refractivity contribution in [3.05, 3.63) is 0 Å². The zero-order valence-corrected chi connectivity index (χ0v) is 34.5. The predicted molar refractivity (Wildman–Crippen MR) is 193 cm³/mol. The number of nitrogens with one attached hydrogen (secondary N) is 6. The molecule has 0 fully saturated rings. The van der Waals surface area contributed by atoms with Crippen LogP contribution in [-0.4, -0.2) is 179 Å². The van der Waals surface area contributed by atoms with Crippen LogP contribution in [0.3, 0.4) is 0 Å². The first-order chi connectivity index (χ1) is 29.0. The smallest absolute Gasteiger partial charge is 0.471 e. The van der Waals surface area contributed by atoms with Gasteiger partial charge in [-0.1, -0.05) is 21.6 Å². The van der Waals surface area contributed by atoms with E-state index in [2.05, 4.69) is 8.37 Å². The van der Waals surface area contributed by atoms with E-state index in [4.69, 9.17) is 19.3 Å². The number of alkyl halides is 6. The molecule has 38 heteroatoms. The van der Waals surface area contributed by atoms with Gasteiger partial charge >= 0.3 is 68.8 Å². The van der Waals surface area contributed by atoms with E-state index in [1.807, 2.05) is 0 Å². The average Bonchev–Trinajstić information content (AvgIpc) is 3.13. The van der Waals surface area contributed by atoms with Crippen LogP contribution in [0.2, 0.25) is 0 Å². The quantitative estimate of drug-likeness (QED) is 0.0147. The highest BCUT2D eigenvalue weighted by Gasteiger charge is 2.42. The molecule has 0 aliphatic carbocycles. The van der Waals surface area contributed by atoms with Crippen LogP contribution in [0.4, 0.5) is 26.3 Å². The van der Waals surface area contributed by atoms with Crippen molar-refractivity contribution in [3.63, 3.8) is 0 Å². The van der Waals surface area contributed by atoms with Crippen molar-refractivity contribution in [2.75, 3.05) is 24.7 Å². The third-order valence-corrected chi connectivity index (χ3v) is 10.2. The van der Waals surface area contributed by atoms with Crippen molar-refractivity contribution < 1.29 is 129 Å². The number of aliphatic carboxylic acids is 4. The lowest BCUT2D eigenvalue weighted by atomic mass is 10.1. The van der Waals surface area contributed by atoms with Crippen molar-refractivity contribution in [1.29, 1.82) is 0 Å². The fourth-order valence-electron chi connectivity index (χ4n) is 3.88. The zero-order valence-electron chi connectivity index (χ0n) is 31.2. The summed E-state index contributed by atoms with van der Waals surface area (Å²) in [5.41, 5.74) is 0. The van der Waals surface area contributed by atoms with Gasteiger partial charge in [-0.2, -0.15) is 43.2 Å². The third kappa shape index (κ3) is 25.1. The van der Waals surface area contributed by atoms with Crippen LogP contribution in [0.25, 0.3) is 0 Å². The van der Waals surface area contributed by atoms with E-state index < -0.39 is 179 Å². The maximum absolute atomic E-state index is 12.9. The number of carbonyl (C=O) groups excluding carboxylic acids is 6. The van der Waals surface area contributed by atoms with Gasteiger partial charge in [0.1, 0.15) is 36.3 Å². The first-order valence-electron chi connectivity index (χ1n) is 16.4. The lowest BCUT2D eigenvalue weighted by molar-refractivity contribution is -0.175. The van der Waals surface area contributed by atoms with Crippen molar-refractivity contribution in [1.82, 2.24) is 31.9 Å². The molecule has 0 unspecified atom stereocenters. The van der Waals surface area contributed by atoms with Crippen molar-refractivity contribution in [3.8, 4) is 0 Å². The molecule has 28 nitrogen and oxygen atoms in total. The first-order valence-corrected chi connectivity index (χ1v) is 21.6. The SMILES string of the molecule is O=C(CC[C@H](NC(=O)C(F)(F)F)C(=O)O)N[C@@H](COS(=O)(=O)O)C(=O)N[C@@H](CSSC[C@H](NC(=O)[C@H](COS(=O)(=O)O)NC(=O)CC[C@H](NC(=O)C(F)(F)F)C(=O)O)C(=O)O)C(=O)O. The summed E-state index contributed by atoms with van der Waals surface area (Å²) in [7, 11) is -9.85. The Labute approximate surface area is 360 Å². The fourth-order valence-corrected chi connectivity index (χ4v) is 6.81. The third-order valence-electron chi connectivity index (χ3n) is 6.89. The molecular weight excluding hydrogens is 991 g/mol. The molecule has 0 aliphatic heterocycles. The van der Waals surface area contributed by atoms with E-state index in [1.54, 1.807) is 21.3 Å². The van der Waals surface area contributed by atoms with Gasteiger partial charge in [-0.25, -0.2) is 27.5 Å². The Morgan fingerprint density at radius 3 is 0.984 bits per heavy atom. The second-order valence-corrected chi connectivity index (χ2v) is 16.6. The highest BCUT2D eigenvalue weighted by atomic mass is 33.1. The highest BCUT2D eigenvalue weighted by Crippen LogP contribution is 2.23. The number of amides is 6. The van der Waals surface area contributed by atoms with Gasteiger partial charge in [0.25, 0.3) is 0 Å². The van der Waals surface area contributed by atoms with Crippen LogP contribution >= 0.6 is 21.6 Å². The minimum atomic E-state index is -5.53. The Morgan fingerprint density at radius 2 is 0.750 bits per heavy atom. The molecule has 0 bridgehead atoms. The van der Waals surface area contributed by atoms with E-state index in [-0.39, 0.29) is 0 Å². The van der Waals surface area contributed by atoms with Gasteiger partial charge in [0.15, 0.2) is 0 Å². The molecule has 0 aromatic heterocycles. The molecule has 0 rings (SSSR count). The molecule has 366 valence electrons. The Bertz CT molecular complexity index is 1840. The molecule has 64 heavy (non-hydrogen) atoms. The van der Waals surface area contributed by atoms with Gasteiger partial charge in [0.05, 0.1) is 13.2 Å². The topological polar surface area (TPSA) is 451 Å². The summed E-state index contributed by atoms with van der Waals surface area (Å²) < 4.78 is 145. The minimum absolute atomic E-state index is 0.445. The van der Waals surface area contributed by atoms with Gasteiger partial charge in [-0.3, -0.25) is 37.9 Å². The van der Waals surface area contributed by atoms with Crippen LogP contribution < -0.4 is 31.9 Å². The molecule has 0 spiro atoms. The van der Waals surface area contributed by atoms with Gasteiger partial charge in [-0.05, 0) is 12.8 Å². The lowest BCUT2D eigenvalue weighted by Crippen LogP contribution is -2.54. The molecule has 12 N–H and O–H groups in total. The Morgan fingerprint density at radius 1 is 0.469 bits per heavy atom. The number of halogens is 6. The number of hydrogen-bond acceptors (Lipinski definition) is 18. The summed E-state index contributed by atoms with van der Waals surface area (Å²) in [6.45, 7) is -2.95. The molecule has 0 saturated carbocycles. The number of hydrogen-bond donors (Lipinski definition) is 12. The van der Waals surface area contributed by atoms with E-state index in [9.17, 15) is 101 Å². The molecule has 6 atom stereocenters. The summed E-state index contributed by atoms with van der Waals surface area (Å²) in [6, 6.07) is -13.2. The van der Waals surface area contributed by atoms with Crippen molar-refractivity contribution in [2.45, 2.75) is 74.3 Å². The molecule has 0 aliphatic rings. The number of carboxylic acids is 4. The predicted octanol–water partition coefficient (Wildman–Crippen LogP) is -4.06. The van der Waals surface area contributed by atoms with E-state index >= 15 is 0 Å². The van der Waals surface area contributed by atoms with Crippen molar-refractivity contribution in [2.24, 2.45) is 0 Å². The normalized spacial score (nSPS) is 14.8. The Balaban J connectivity index is 5.77. The second-order valence-electron chi connectivity index (χ2n) is 11.8. The molecule has 0 aromatic rings. The summed E-state index contributed by atoms with van der Waals surface area (Å²) in [5, 5.41) is 46.5. The Hall–Kier alpha value is -5.28. The van der Waals surface area contributed by atoms with Crippen LogP contribution in [-0.2, 0) is 77.1 Å². The van der Waals surface area contributed by atoms with Gasteiger partial charge in [-0.15, -0.1) is 0 Å².